The fourth-order valence-electron chi connectivity index (χ4n) is 5.04. The topological polar surface area (TPSA) is 417 Å². The predicted octanol–water partition coefficient (Wildman–Crippen LogP) is -6.38. The minimum absolute atomic E-state index is 0.180. The van der Waals surface area contributed by atoms with Crippen molar-refractivity contribution in [3.8, 4) is 0 Å². The van der Waals surface area contributed by atoms with E-state index in [-0.39, 0.29) is 12.8 Å². The molecule has 0 rings (SSSR count). The van der Waals surface area contributed by atoms with Crippen LogP contribution >= 0.6 is 0 Å². The molecule has 0 spiro atoms. The molecule has 16 N–H and O–H groups in total. The maximum Gasteiger partial charge on any atom is 0.328 e. The molecule has 0 aliphatic carbocycles. The van der Waals surface area contributed by atoms with E-state index in [0.717, 1.165) is 0 Å². The van der Waals surface area contributed by atoms with Crippen LogP contribution in [0.4, 0.5) is 0 Å². The van der Waals surface area contributed by atoms with Crippen molar-refractivity contribution in [3.63, 3.8) is 0 Å². The molecule has 0 aromatic heterocycles. The second kappa shape index (κ2) is 26.2. The van der Waals surface area contributed by atoms with Crippen LogP contribution in [0.3, 0.4) is 0 Å². The number of aliphatic hydroxyl groups excluding tert-OH is 2. The summed E-state index contributed by atoms with van der Waals surface area (Å²) in [6.45, 7) is 8.13. The van der Waals surface area contributed by atoms with E-state index in [1.807, 2.05) is 5.32 Å². The van der Waals surface area contributed by atoms with Crippen LogP contribution in [0.15, 0.2) is 0 Å². The Bertz CT molecular complexity index is 1570. The van der Waals surface area contributed by atoms with Gasteiger partial charge in [-0.3, -0.25) is 47.9 Å². The lowest BCUT2D eigenvalue weighted by Crippen LogP contribution is -2.62. The molecule has 0 saturated heterocycles. The first kappa shape index (κ1) is 54.0. The van der Waals surface area contributed by atoms with E-state index in [9.17, 15) is 63.0 Å². The molecular formula is C35H60N10O15. The van der Waals surface area contributed by atoms with Gasteiger partial charge in [-0.2, -0.15) is 0 Å². The number of amides is 9. The zero-order valence-electron chi connectivity index (χ0n) is 34.5. The second-order valence-electron chi connectivity index (χ2n) is 14.8. The van der Waals surface area contributed by atoms with Gasteiger partial charge in [-0.05, 0) is 31.1 Å². The summed E-state index contributed by atoms with van der Waals surface area (Å²) < 4.78 is 0. The minimum Gasteiger partial charge on any atom is -0.481 e. The molecule has 9 amide bonds. The van der Waals surface area contributed by atoms with Crippen LogP contribution in [0.1, 0.15) is 67.7 Å². The first-order valence-electron chi connectivity index (χ1n) is 18.9. The Morgan fingerprint density at radius 2 is 0.950 bits per heavy atom. The van der Waals surface area contributed by atoms with Gasteiger partial charge in [-0.15, -0.1) is 0 Å². The highest BCUT2D eigenvalue weighted by atomic mass is 16.4. The molecule has 0 heterocycles. The summed E-state index contributed by atoms with van der Waals surface area (Å²) >= 11 is 0. The molecule has 25 nitrogen and oxygen atoms in total. The molecule has 0 saturated carbocycles. The molecule has 0 unspecified atom stereocenters. The molecule has 0 bridgehead atoms. The molecule has 0 aliphatic rings. The molecule has 25 heteroatoms. The summed E-state index contributed by atoms with van der Waals surface area (Å²) in [4.78, 5) is 137. The van der Waals surface area contributed by atoms with Crippen LogP contribution in [0, 0.1) is 17.8 Å². The Balaban J connectivity index is 5.78. The van der Waals surface area contributed by atoms with Gasteiger partial charge in [0.15, 0.2) is 0 Å². The van der Waals surface area contributed by atoms with E-state index in [2.05, 4.69) is 37.2 Å². The highest BCUT2D eigenvalue weighted by Crippen LogP contribution is 2.11. The van der Waals surface area contributed by atoms with Crippen molar-refractivity contribution in [2.75, 3.05) is 19.7 Å². The van der Waals surface area contributed by atoms with Crippen LogP contribution in [-0.4, -0.2) is 154 Å². The van der Waals surface area contributed by atoms with Gasteiger partial charge in [-0.25, -0.2) is 4.79 Å². The second-order valence-corrected chi connectivity index (χ2v) is 14.8. The fraction of sp³-hybridized carbons (Fsp3) is 0.686. The number of hydrogen-bond donors (Lipinski definition) is 14. The van der Waals surface area contributed by atoms with Gasteiger partial charge in [0.05, 0.1) is 38.3 Å². The summed E-state index contributed by atoms with van der Waals surface area (Å²) in [5, 5.41) is 55.7. The number of aliphatic carboxylic acids is 2. The third-order valence-electron chi connectivity index (χ3n) is 8.53. The van der Waals surface area contributed by atoms with Crippen LogP contribution in [0.5, 0.6) is 0 Å². The Morgan fingerprint density at radius 1 is 0.533 bits per heavy atom. The third-order valence-corrected chi connectivity index (χ3v) is 8.53. The Hall–Kier alpha value is -5.95. The first-order valence-corrected chi connectivity index (χ1v) is 18.9. The number of nitrogens with one attached hydrogen (secondary N) is 8. The van der Waals surface area contributed by atoms with Crippen LogP contribution in [0.25, 0.3) is 0 Å². The smallest absolute Gasteiger partial charge is 0.328 e. The summed E-state index contributed by atoms with van der Waals surface area (Å²) in [7, 11) is 0. The van der Waals surface area contributed by atoms with Crippen molar-refractivity contribution in [3.05, 3.63) is 0 Å². The number of carbonyl (C=O) groups is 11. The zero-order valence-corrected chi connectivity index (χ0v) is 34.5. The molecule has 0 aromatic carbocycles. The van der Waals surface area contributed by atoms with E-state index in [1.165, 1.54) is 20.8 Å². The van der Waals surface area contributed by atoms with Crippen molar-refractivity contribution in [1.29, 1.82) is 0 Å². The summed E-state index contributed by atoms with van der Waals surface area (Å²) in [5.74, 6) is -13.3. The van der Waals surface area contributed by atoms with E-state index >= 15 is 0 Å². The van der Waals surface area contributed by atoms with E-state index in [1.54, 1.807) is 27.7 Å². The van der Waals surface area contributed by atoms with Crippen molar-refractivity contribution in [2.45, 2.75) is 116 Å². The molecule has 8 atom stereocenters. The van der Waals surface area contributed by atoms with Gasteiger partial charge in [0.25, 0.3) is 0 Å². The molecule has 60 heavy (non-hydrogen) atoms. The number of carbonyl (C=O) groups excluding carboxylic acids is 9. The van der Waals surface area contributed by atoms with Crippen molar-refractivity contribution < 1.29 is 73.2 Å². The summed E-state index contributed by atoms with van der Waals surface area (Å²) in [5.41, 5.74) is 10.8. The highest BCUT2D eigenvalue weighted by molar-refractivity contribution is 5.98. The van der Waals surface area contributed by atoms with Crippen LogP contribution in [-0.2, 0) is 52.7 Å². The maximum absolute atomic E-state index is 13.6. The monoisotopic (exact) mass is 860 g/mol. The number of primary amides is 1. The number of carboxylic acid groups (broad SMARTS) is 2. The Kier molecular flexibility index (Phi) is 23.6. The molecular weight excluding hydrogens is 800 g/mol. The number of hydrogen-bond acceptors (Lipinski definition) is 14. The van der Waals surface area contributed by atoms with Gasteiger partial charge in [0.1, 0.15) is 36.3 Å². The number of rotatable bonds is 27. The molecule has 340 valence electrons. The van der Waals surface area contributed by atoms with Gasteiger partial charge in [0.2, 0.25) is 53.2 Å². The van der Waals surface area contributed by atoms with Crippen molar-refractivity contribution >= 4 is 65.1 Å². The predicted molar refractivity (Wildman–Crippen MR) is 207 cm³/mol. The number of nitrogens with two attached hydrogens (primary N) is 2. The van der Waals surface area contributed by atoms with Crippen LogP contribution < -0.4 is 54.0 Å². The Labute approximate surface area is 345 Å². The molecule has 0 aliphatic heterocycles. The summed E-state index contributed by atoms with van der Waals surface area (Å²) in [6, 6.07) is -10.4. The zero-order chi connectivity index (χ0) is 46.6. The summed E-state index contributed by atoms with van der Waals surface area (Å²) in [6.07, 6.45) is -2.85. The van der Waals surface area contributed by atoms with Gasteiger partial charge < -0.3 is 74.4 Å². The minimum atomic E-state index is -1.77. The highest BCUT2D eigenvalue weighted by Gasteiger charge is 2.37. The lowest BCUT2D eigenvalue weighted by Gasteiger charge is -2.31. The molecule has 0 fully saturated rings. The third kappa shape index (κ3) is 19.7. The largest absolute Gasteiger partial charge is 0.481 e. The first-order chi connectivity index (χ1) is 27.7. The van der Waals surface area contributed by atoms with E-state index < -0.39 is 157 Å². The number of aliphatic hydroxyl groups is 2. The molecule has 0 aromatic rings. The van der Waals surface area contributed by atoms with E-state index in [0.29, 0.717) is 0 Å². The normalized spacial score (nSPS) is 15.1. The van der Waals surface area contributed by atoms with Gasteiger partial charge in [-0.1, -0.05) is 41.5 Å². The lowest BCUT2D eigenvalue weighted by molar-refractivity contribution is -0.143. The van der Waals surface area contributed by atoms with Crippen LogP contribution in [0.2, 0.25) is 0 Å². The SMILES string of the molecule is CC(C)[C@H](NC(=O)[C@@H](NC(=O)[C@@H](NC(=O)[C@@H](NC(=O)CNC(=O)CNC(=O)[C@@H](N)CCC(=O)O)[C@@H](C)O)C(C)C)C(C)C)C(=O)N[C@@H](CC(N)=O)C(=O)N[C@@H](CO)C(=O)O. The molecule has 0 radical (unpaired) electrons. The van der Waals surface area contributed by atoms with Gasteiger partial charge >= 0.3 is 11.9 Å². The maximum atomic E-state index is 13.6. The standard InChI is InChI=1S/C35H60N10O15/c1-14(2)25(31(55)40-19(10-21(37)48)30(54)41-20(13-46)35(59)60)43-32(56)26(15(3)4)44-33(57)27(16(5)6)45-34(58)28(17(7)47)42-23(50)12-38-22(49)11-39-29(53)18(36)8-9-24(51)52/h14-20,25-28,46-47H,8-13,36H2,1-7H3,(H2,37,48)(H,38,49)(H,39,53)(H,40,55)(H,41,54)(H,42,50)(H,43,56)(H,44,57)(H,45,58)(H,51,52)(H,59,60)/t17-,18+,19+,20+,25+,26+,27+,28+/m1/s1. The quantitative estimate of drug-likeness (QED) is 0.0365. The Morgan fingerprint density at radius 3 is 1.33 bits per heavy atom. The number of carboxylic acids is 2. The van der Waals surface area contributed by atoms with E-state index in [4.69, 9.17) is 21.7 Å². The van der Waals surface area contributed by atoms with Crippen molar-refractivity contribution in [1.82, 2.24) is 42.5 Å². The van der Waals surface area contributed by atoms with Gasteiger partial charge in [0, 0.05) is 6.42 Å². The lowest BCUT2D eigenvalue weighted by atomic mass is 9.97. The average Bonchev–Trinajstić information content (AvgIpc) is 3.14. The average molecular weight is 861 g/mol. The fourth-order valence-corrected chi connectivity index (χ4v) is 5.04. The van der Waals surface area contributed by atoms with Crippen molar-refractivity contribution in [2.24, 2.45) is 29.2 Å².